The molecule has 1 amide bonds. The Morgan fingerprint density at radius 1 is 1.44 bits per heavy atom. The van der Waals surface area contributed by atoms with E-state index in [-0.39, 0.29) is 11.9 Å². The number of hydrogen-bond acceptors (Lipinski definition) is 4. The van der Waals surface area contributed by atoms with Crippen LogP contribution in [0.15, 0.2) is 36.9 Å². The van der Waals surface area contributed by atoms with Gasteiger partial charge in [0.25, 0.3) is 0 Å². The van der Waals surface area contributed by atoms with E-state index in [4.69, 9.17) is 5.73 Å². The first-order chi connectivity index (χ1) is 8.66. The van der Waals surface area contributed by atoms with Crippen molar-refractivity contribution in [3.63, 3.8) is 0 Å². The van der Waals surface area contributed by atoms with Crippen LogP contribution in [0.2, 0.25) is 0 Å². The van der Waals surface area contributed by atoms with Crippen LogP contribution in [0.3, 0.4) is 0 Å². The molecule has 6 heteroatoms. The molecule has 18 heavy (non-hydrogen) atoms. The highest BCUT2D eigenvalue weighted by Crippen LogP contribution is 2.06. The van der Waals surface area contributed by atoms with E-state index in [2.05, 4.69) is 15.4 Å². The molecular formula is C12H15N5O. The molecule has 1 aromatic heterocycles. The van der Waals surface area contributed by atoms with Gasteiger partial charge in [-0.05, 0) is 24.6 Å². The number of aromatic nitrogens is 3. The predicted octanol–water partition coefficient (Wildman–Crippen LogP) is 0.738. The quantitative estimate of drug-likeness (QED) is 0.778. The van der Waals surface area contributed by atoms with E-state index >= 15 is 0 Å². The Morgan fingerprint density at radius 2 is 2.17 bits per heavy atom. The van der Waals surface area contributed by atoms with Crippen LogP contribution in [0.5, 0.6) is 0 Å². The summed E-state index contributed by atoms with van der Waals surface area (Å²) in [5.74, 6) is -0.0997. The van der Waals surface area contributed by atoms with Gasteiger partial charge in [-0.3, -0.25) is 4.79 Å². The highest BCUT2D eigenvalue weighted by Gasteiger charge is 2.14. The summed E-state index contributed by atoms with van der Waals surface area (Å²) in [6, 6.07) is 7.01. The Balaban J connectivity index is 1.90. The van der Waals surface area contributed by atoms with Gasteiger partial charge in [0, 0.05) is 12.2 Å². The molecule has 2 aromatic rings. The first-order valence-electron chi connectivity index (χ1n) is 5.63. The lowest BCUT2D eigenvalue weighted by molar-refractivity contribution is -0.124. The largest absolute Gasteiger partial charge is 0.399 e. The van der Waals surface area contributed by atoms with Crippen LogP contribution in [0.25, 0.3) is 0 Å². The normalized spacial score (nSPS) is 12.1. The number of benzene rings is 1. The lowest BCUT2D eigenvalue weighted by Gasteiger charge is -2.12. The van der Waals surface area contributed by atoms with Crippen molar-refractivity contribution >= 4 is 11.6 Å². The molecule has 1 heterocycles. The van der Waals surface area contributed by atoms with Crippen LogP contribution in [0.4, 0.5) is 5.69 Å². The lowest BCUT2D eigenvalue weighted by atomic mass is 10.2. The zero-order valence-corrected chi connectivity index (χ0v) is 10.1. The maximum Gasteiger partial charge on any atom is 0.244 e. The first kappa shape index (κ1) is 12.1. The van der Waals surface area contributed by atoms with Crippen LogP contribution in [-0.2, 0) is 11.3 Å². The van der Waals surface area contributed by atoms with Gasteiger partial charge in [0.15, 0.2) is 0 Å². The highest BCUT2D eigenvalue weighted by atomic mass is 16.2. The molecule has 0 spiro atoms. The van der Waals surface area contributed by atoms with E-state index in [0.29, 0.717) is 12.2 Å². The summed E-state index contributed by atoms with van der Waals surface area (Å²) < 4.78 is 1.51. The molecule has 0 aliphatic rings. The average molecular weight is 245 g/mol. The Labute approximate surface area is 105 Å². The summed E-state index contributed by atoms with van der Waals surface area (Å²) in [6.45, 7) is 2.24. The molecule has 3 N–H and O–H groups in total. The van der Waals surface area contributed by atoms with Gasteiger partial charge >= 0.3 is 0 Å². The van der Waals surface area contributed by atoms with Crippen LogP contribution < -0.4 is 11.1 Å². The summed E-state index contributed by atoms with van der Waals surface area (Å²) >= 11 is 0. The minimum Gasteiger partial charge on any atom is -0.399 e. The van der Waals surface area contributed by atoms with Crippen molar-refractivity contribution in [2.24, 2.45) is 0 Å². The number of carbonyl (C=O) groups is 1. The molecule has 1 unspecified atom stereocenters. The van der Waals surface area contributed by atoms with Crippen LogP contribution in [-0.4, -0.2) is 20.7 Å². The van der Waals surface area contributed by atoms with Crippen LogP contribution >= 0.6 is 0 Å². The molecule has 1 atom stereocenters. The molecule has 94 valence electrons. The monoisotopic (exact) mass is 245 g/mol. The SMILES string of the molecule is CC(C(=O)NCc1ccc(N)cc1)n1cncn1. The molecular weight excluding hydrogens is 230 g/mol. The second-order valence-electron chi connectivity index (χ2n) is 4.01. The van der Waals surface area contributed by atoms with Gasteiger partial charge in [0.1, 0.15) is 18.7 Å². The number of nitrogens with zero attached hydrogens (tertiary/aromatic N) is 3. The second kappa shape index (κ2) is 5.31. The fourth-order valence-corrected chi connectivity index (χ4v) is 1.51. The number of nitrogens with one attached hydrogen (secondary N) is 1. The molecule has 0 fully saturated rings. The molecule has 6 nitrogen and oxygen atoms in total. The summed E-state index contributed by atoms with van der Waals surface area (Å²) in [7, 11) is 0. The molecule has 0 aliphatic carbocycles. The van der Waals surface area contributed by atoms with E-state index in [9.17, 15) is 4.79 Å². The molecule has 0 radical (unpaired) electrons. The van der Waals surface area contributed by atoms with Crippen molar-refractivity contribution < 1.29 is 4.79 Å². The van der Waals surface area contributed by atoms with Gasteiger partial charge in [-0.25, -0.2) is 9.67 Å². The van der Waals surface area contributed by atoms with Gasteiger partial charge in [0.05, 0.1) is 0 Å². The number of amides is 1. The van der Waals surface area contributed by atoms with Gasteiger partial charge in [0.2, 0.25) is 5.91 Å². The first-order valence-corrected chi connectivity index (χ1v) is 5.63. The van der Waals surface area contributed by atoms with Gasteiger partial charge in [-0.2, -0.15) is 5.10 Å². The third-order valence-electron chi connectivity index (χ3n) is 2.66. The Hall–Kier alpha value is -2.37. The number of carbonyl (C=O) groups excluding carboxylic acids is 1. The van der Waals surface area contributed by atoms with Crippen LogP contribution in [0, 0.1) is 0 Å². The third kappa shape index (κ3) is 2.85. The predicted molar refractivity (Wildman–Crippen MR) is 67.4 cm³/mol. The maximum absolute atomic E-state index is 11.9. The summed E-state index contributed by atoms with van der Waals surface area (Å²) in [5, 5.41) is 6.77. The minimum absolute atomic E-state index is 0.0997. The molecule has 0 aliphatic heterocycles. The summed E-state index contributed by atoms with van der Waals surface area (Å²) in [6.07, 6.45) is 2.93. The summed E-state index contributed by atoms with van der Waals surface area (Å²) in [4.78, 5) is 15.7. The van der Waals surface area contributed by atoms with E-state index in [0.717, 1.165) is 5.56 Å². The van der Waals surface area contributed by atoms with Gasteiger partial charge in [-0.15, -0.1) is 0 Å². The number of nitrogens with two attached hydrogens (primary N) is 1. The lowest BCUT2D eigenvalue weighted by Crippen LogP contribution is -2.30. The number of nitrogen functional groups attached to an aromatic ring is 1. The average Bonchev–Trinajstić information content (AvgIpc) is 2.90. The maximum atomic E-state index is 11.9. The highest BCUT2D eigenvalue weighted by molar-refractivity contribution is 5.79. The van der Waals surface area contributed by atoms with Crippen molar-refractivity contribution in [3.05, 3.63) is 42.5 Å². The van der Waals surface area contributed by atoms with Gasteiger partial charge in [-0.1, -0.05) is 12.1 Å². The van der Waals surface area contributed by atoms with Crippen LogP contribution in [0.1, 0.15) is 18.5 Å². The number of anilines is 1. The van der Waals surface area contributed by atoms with E-state index in [1.165, 1.54) is 17.3 Å². The minimum atomic E-state index is -0.374. The van der Waals surface area contributed by atoms with Crippen molar-refractivity contribution in [3.8, 4) is 0 Å². The topological polar surface area (TPSA) is 85.8 Å². The van der Waals surface area contributed by atoms with Crippen molar-refractivity contribution in [1.29, 1.82) is 0 Å². The second-order valence-corrected chi connectivity index (χ2v) is 4.01. The molecule has 0 saturated heterocycles. The smallest absolute Gasteiger partial charge is 0.244 e. The van der Waals surface area contributed by atoms with Crippen molar-refractivity contribution in [2.45, 2.75) is 19.5 Å². The fourth-order valence-electron chi connectivity index (χ4n) is 1.51. The Kier molecular flexibility index (Phi) is 3.57. The van der Waals surface area contributed by atoms with E-state index in [1.54, 1.807) is 6.92 Å². The molecule has 2 rings (SSSR count). The zero-order valence-electron chi connectivity index (χ0n) is 10.1. The Bertz CT molecular complexity index is 506. The van der Waals surface area contributed by atoms with E-state index in [1.807, 2.05) is 24.3 Å². The Morgan fingerprint density at radius 3 is 2.78 bits per heavy atom. The van der Waals surface area contributed by atoms with Crippen molar-refractivity contribution in [2.75, 3.05) is 5.73 Å². The van der Waals surface area contributed by atoms with Gasteiger partial charge < -0.3 is 11.1 Å². The number of hydrogen-bond donors (Lipinski definition) is 2. The third-order valence-corrected chi connectivity index (χ3v) is 2.66. The zero-order chi connectivity index (χ0) is 13.0. The number of rotatable bonds is 4. The molecule has 0 bridgehead atoms. The van der Waals surface area contributed by atoms with Crippen molar-refractivity contribution in [1.82, 2.24) is 20.1 Å². The molecule has 1 aromatic carbocycles. The fraction of sp³-hybridized carbons (Fsp3) is 0.250. The van der Waals surface area contributed by atoms with E-state index < -0.39 is 0 Å². The summed E-state index contributed by atoms with van der Waals surface area (Å²) in [5.41, 5.74) is 7.30. The standard InChI is InChI=1S/C12H15N5O/c1-9(17-8-14-7-16-17)12(18)15-6-10-2-4-11(13)5-3-10/h2-5,7-9H,6,13H2,1H3,(H,15,18). The molecule has 0 saturated carbocycles.